The van der Waals surface area contributed by atoms with Crippen LogP contribution in [0.4, 0.5) is 0 Å². The van der Waals surface area contributed by atoms with Crippen LogP contribution in [-0.4, -0.2) is 19.0 Å². The van der Waals surface area contributed by atoms with Crippen molar-refractivity contribution in [2.45, 2.75) is 20.5 Å². The fourth-order valence-electron chi connectivity index (χ4n) is 2.10. The quantitative estimate of drug-likeness (QED) is 0.677. The van der Waals surface area contributed by atoms with Gasteiger partial charge in [-0.2, -0.15) is 0 Å². The normalized spacial score (nSPS) is 13.3. The largest absolute Gasteiger partial charge is 0.465 e. The lowest BCUT2D eigenvalue weighted by Crippen LogP contribution is -2.10. The van der Waals surface area contributed by atoms with E-state index < -0.39 is 5.97 Å². The number of methoxy groups -OCH3 is 1. The topological polar surface area (TPSA) is 52.6 Å². The number of aryl methyl sites for hydroxylation is 1. The molecule has 2 rings (SSSR count). The molecule has 0 aromatic heterocycles. The van der Waals surface area contributed by atoms with E-state index in [2.05, 4.69) is 0 Å². The highest BCUT2D eigenvalue weighted by Gasteiger charge is 2.28. The van der Waals surface area contributed by atoms with Crippen molar-refractivity contribution >= 4 is 11.9 Å². The molecule has 0 unspecified atom stereocenters. The number of cyclic esters (lactones) is 1. The van der Waals surface area contributed by atoms with E-state index in [4.69, 9.17) is 9.47 Å². The number of rotatable bonds is 1. The maximum absolute atomic E-state index is 11.6. The molecule has 0 amide bonds. The number of benzene rings is 1. The number of hydrogen-bond donors (Lipinski definition) is 0. The summed E-state index contributed by atoms with van der Waals surface area (Å²) in [6.07, 6.45) is 0. The molecule has 0 saturated heterocycles. The molecule has 0 aliphatic carbocycles. The van der Waals surface area contributed by atoms with Gasteiger partial charge in [0.25, 0.3) is 0 Å². The molecule has 0 bridgehead atoms. The second-order valence-electron chi connectivity index (χ2n) is 3.80. The van der Waals surface area contributed by atoms with Gasteiger partial charge in [0.05, 0.1) is 18.2 Å². The van der Waals surface area contributed by atoms with Crippen molar-refractivity contribution < 1.29 is 19.1 Å². The van der Waals surface area contributed by atoms with Crippen LogP contribution in [0.5, 0.6) is 0 Å². The van der Waals surface area contributed by atoms with Gasteiger partial charge in [-0.25, -0.2) is 9.59 Å². The predicted octanol–water partition coefficient (Wildman–Crippen LogP) is 1.76. The van der Waals surface area contributed by atoms with Gasteiger partial charge in [-0.05, 0) is 25.0 Å². The molecule has 1 aliphatic heterocycles. The van der Waals surface area contributed by atoms with E-state index in [1.165, 1.54) is 7.11 Å². The molecule has 1 aromatic rings. The van der Waals surface area contributed by atoms with E-state index in [9.17, 15) is 9.59 Å². The van der Waals surface area contributed by atoms with Crippen LogP contribution >= 0.6 is 0 Å². The highest BCUT2D eigenvalue weighted by atomic mass is 16.5. The number of esters is 2. The summed E-state index contributed by atoms with van der Waals surface area (Å²) in [6, 6.07) is 1.81. The summed E-state index contributed by atoms with van der Waals surface area (Å²) in [5, 5.41) is 0. The summed E-state index contributed by atoms with van der Waals surface area (Å²) >= 11 is 0. The van der Waals surface area contributed by atoms with Gasteiger partial charge >= 0.3 is 11.9 Å². The fourth-order valence-corrected chi connectivity index (χ4v) is 2.10. The van der Waals surface area contributed by atoms with Crippen molar-refractivity contribution in [2.75, 3.05) is 7.11 Å². The van der Waals surface area contributed by atoms with Crippen LogP contribution in [0.2, 0.25) is 0 Å². The monoisotopic (exact) mass is 220 g/mol. The average molecular weight is 220 g/mol. The third kappa shape index (κ3) is 1.38. The van der Waals surface area contributed by atoms with Crippen LogP contribution in [0.15, 0.2) is 6.07 Å². The standard InChI is InChI=1S/C12H12O4/c1-6-4-8-5-16-12(14)10(8)7(2)9(6)11(13)15-3/h4H,5H2,1-3H3. The fraction of sp³-hybridized carbons (Fsp3) is 0.333. The zero-order valence-corrected chi connectivity index (χ0v) is 9.42. The van der Waals surface area contributed by atoms with Gasteiger partial charge in [-0.15, -0.1) is 0 Å². The lowest BCUT2D eigenvalue weighted by Gasteiger charge is -2.10. The highest BCUT2D eigenvalue weighted by Crippen LogP contribution is 2.28. The van der Waals surface area contributed by atoms with Crippen molar-refractivity contribution in [2.24, 2.45) is 0 Å². The van der Waals surface area contributed by atoms with Crippen molar-refractivity contribution in [3.63, 3.8) is 0 Å². The maximum Gasteiger partial charge on any atom is 0.339 e. The Bertz CT molecular complexity index is 488. The van der Waals surface area contributed by atoms with Crippen molar-refractivity contribution in [1.82, 2.24) is 0 Å². The number of ether oxygens (including phenoxy) is 2. The molecule has 84 valence electrons. The summed E-state index contributed by atoms with van der Waals surface area (Å²) in [5.41, 5.74) is 3.25. The van der Waals surface area contributed by atoms with Crippen molar-refractivity contribution in [3.8, 4) is 0 Å². The minimum Gasteiger partial charge on any atom is -0.465 e. The van der Waals surface area contributed by atoms with E-state index in [1.807, 2.05) is 6.92 Å². The van der Waals surface area contributed by atoms with Crippen LogP contribution < -0.4 is 0 Å². The highest BCUT2D eigenvalue weighted by molar-refractivity contribution is 6.01. The number of hydrogen-bond acceptors (Lipinski definition) is 4. The van der Waals surface area contributed by atoms with Crippen LogP contribution in [0.25, 0.3) is 0 Å². The third-order valence-electron chi connectivity index (χ3n) is 2.81. The van der Waals surface area contributed by atoms with Gasteiger partial charge in [0.15, 0.2) is 0 Å². The molecular weight excluding hydrogens is 208 g/mol. The molecule has 0 fully saturated rings. The molecule has 16 heavy (non-hydrogen) atoms. The second-order valence-corrected chi connectivity index (χ2v) is 3.80. The van der Waals surface area contributed by atoms with Gasteiger partial charge in [0.2, 0.25) is 0 Å². The Morgan fingerprint density at radius 1 is 1.44 bits per heavy atom. The molecule has 1 heterocycles. The molecule has 4 heteroatoms. The first-order chi connectivity index (χ1) is 7.56. The molecule has 0 atom stereocenters. The molecule has 0 spiro atoms. The summed E-state index contributed by atoms with van der Waals surface area (Å²) < 4.78 is 9.64. The van der Waals surface area contributed by atoms with E-state index in [0.29, 0.717) is 16.7 Å². The lowest BCUT2D eigenvalue weighted by molar-refractivity contribution is 0.0534. The molecule has 0 radical (unpaired) electrons. The predicted molar refractivity (Wildman–Crippen MR) is 56.4 cm³/mol. The van der Waals surface area contributed by atoms with Gasteiger partial charge < -0.3 is 9.47 Å². The number of carbonyl (C=O) groups is 2. The molecule has 4 nitrogen and oxygen atoms in total. The summed E-state index contributed by atoms with van der Waals surface area (Å²) in [7, 11) is 1.33. The first kappa shape index (κ1) is 10.7. The van der Waals surface area contributed by atoms with E-state index in [-0.39, 0.29) is 12.6 Å². The Labute approximate surface area is 93.2 Å². The second kappa shape index (κ2) is 3.63. The number of fused-ring (bicyclic) bond motifs is 1. The lowest BCUT2D eigenvalue weighted by atomic mass is 9.94. The molecule has 1 aromatic carbocycles. The van der Waals surface area contributed by atoms with E-state index >= 15 is 0 Å². The maximum atomic E-state index is 11.6. The van der Waals surface area contributed by atoms with Gasteiger partial charge in [-0.1, -0.05) is 6.07 Å². The number of carbonyl (C=O) groups excluding carboxylic acids is 2. The molecular formula is C12H12O4. The Morgan fingerprint density at radius 2 is 2.12 bits per heavy atom. The molecule has 1 aliphatic rings. The minimum atomic E-state index is -0.419. The van der Waals surface area contributed by atoms with Crippen molar-refractivity contribution in [1.29, 1.82) is 0 Å². The summed E-state index contributed by atoms with van der Waals surface area (Å²) in [5.74, 6) is -0.782. The Hall–Kier alpha value is -1.84. The Balaban J connectivity index is 2.69. The third-order valence-corrected chi connectivity index (χ3v) is 2.81. The molecule has 0 saturated carbocycles. The average Bonchev–Trinajstić information content (AvgIpc) is 2.59. The smallest absolute Gasteiger partial charge is 0.339 e. The minimum absolute atomic E-state index is 0.289. The summed E-state index contributed by atoms with van der Waals surface area (Å²) in [4.78, 5) is 23.1. The van der Waals surface area contributed by atoms with E-state index in [1.54, 1.807) is 13.0 Å². The first-order valence-corrected chi connectivity index (χ1v) is 4.94. The Morgan fingerprint density at radius 3 is 2.75 bits per heavy atom. The van der Waals surface area contributed by atoms with Crippen molar-refractivity contribution in [3.05, 3.63) is 33.9 Å². The van der Waals surface area contributed by atoms with Crippen LogP contribution in [0.3, 0.4) is 0 Å². The zero-order valence-electron chi connectivity index (χ0n) is 9.42. The van der Waals surface area contributed by atoms with Gasteiger partial charge in [0, 0.05) is 5.56 Å². The van der Waals surface area contributed by atoms with Crippen LogP contribution in [0, 0.1) is 13.8 Å². The zero-order chi connectivity index (χ0) is 11.9. The first-order valence-electron chi connectivity index (χ1n) is 4.94. The van der Waals surface area contributed by atoms with Crippen LogP contribution in [0.1, 0.15) is 37.4 Å². The SMILES string of the molecule is COC(=O)c1c(C)cc2c(c1C)C(=O)OC2. The van der Waals surface area contributed by atoms with E-state index in [0.717, 1.165) is 11.1 Å². The molecule has 0 N–H and O–H groups in total. The van der Waals surface area contributed by atoms with Crippen LogP contribution in [-0.2, 0) is 16.1 Å². The summed E-state index contributed by atoms with van der Waals surface area (Å²) in [6.45, 7) is 3.85. The van der Waals surface area contributed by atoms with Gasteiger partial charge in [0.1, 0.15) is 6.61 Å². The Kier molecular flexibility index (Phi) is 2.42. The van der Waals surface area contributed by atoms with Gasteiger partial charge in [-0.3, -0.25) is 0 Å².